The van der Waals surface area contributed by atoms with Crippen molar-refractivity contribution in [3.63, 3.8) is 0 Å². The highest BCUT2D eigenvalue weighted by Gasteiger charge is 2.00. The average molecular weight is 211 g/mol. The molecule has 0 fully saturated rings. The summed E-state index contributed by atoms with van der Waals surface area (Å²) in [6.45, 7) is -0.251. The number of aliphatic carboxylic acids is 1. The molecule has 0 amide bonds. The molecule has 0 radical (unpaired) electrons. The Hall–Kier alpha value is -1.98. The summed E-state index contributed by atoms with van der Waals surface area (Å²) in [4.78, 5) is 10.3. The van der Waals surface area contributed by atoms with Gasteiger partial charge in [0.05, 0.1) is 5.69 Å². The van der Waals surface area contributed by atoms with Crippen LogP contribution < -0.4 is 0 Å². The number of carboxylic acids is 1. The molecule has 0 atom stereocenters. The van der Waals surface area contributed by atoms with Gasteiger partial charge in [-0.1, -0.05) is 11.3 Å². The van der Waals surface area contributed by atoms with Gasteiger partial charge in [-0.25, -0.2) is 4.39 Å². The standard InChI is InChI=1S/C9H10FN3O2/c1-13(6-9(14)15)12-11-8-4-2-3-7(10)5-8/h2-5H,6H2,1H3,(H,14,15). The van der Waals surface area contributed by atoms with Crippen LogP contribution in [0, 0.1) is 5.82 Å². The van der Waals surface area contributed by atoms with Crippen LogP contribution in [0.1, 0.15) is 0 Å². The van der Waals surface area contributed by atoms with Gasteiger partial charge in [-0.05, 0) is 12.1 Å². The van der Waals surface area contributed by atoms with Crippen LogP contribution in [-0.2, 0) is 4.79 Å². The van der Waals surface area contributed by atoms with E-state index in [4.69, 9.17) is 5.11 Å². The lowest BCUT2D eigenvalue weighted by Crippen LogP contribution is -2.19. The fourth-order valence-electron chi connectivity index (χ4n) is 0.894. The van der Waals surface area contributed by atoms with Crippen molar-refractivity contribution in [1.29, 1.82) is 0 Å². The molecule has 0 bridgehead atoms. The van der Waals surface area contributed by atoms with Crippen molar-refractivity contribution in [2.24, 2.45) is 10.3 Å². The number of rotatable bonds is 4. The normalized spacial score (nSPS) is 10.5. The van der Waals surface area contributed by atoms with Gasteiger partial charge in [-0.2, -0.15) is 0 Å². The van der Waals surface area contributed by atoms with Gasteiger partial charge >= 0.3 is 5.97 Å². The summed E-state index contributed by atoms with van der Waals surface area (Å²) in [6, 6.07) is 5.57. The summed E-state index contributed by atoms with van der Waals surface area (Å²) in [7, 11) is 1.47. The van der Waals surface area contributed by atoms with E-state index >= 15 is 0 Å². The van der Waals surface area contributed by atoms with Crippen molar-refractivity contribution in [1.82, 2.24) is 5.01 Å². The maximum Gasteiger partial charge on any atom is 0.324 e. The summed E-state index contributed by atoms with van der Waals surface area (Å²) in [5.74, 6) is -1.41. The van der Waals surface area contributed by atoms with Gasteiger partial charge in [0.2, 0.25) is 0 Å². The van der Waals surface area contributed by atoms with Crippen LogP contribution in [0.4, 0.5) is 10.1 Å². The third-order valence-electron chi connectivity index (χ3n) is 1.49. The van der Waals surface area contributed by atoms with E-state index in [9.17, 15) is 9.18 Å². The minimum atomic E-state index is -1.00. The van der Waals surface area contributed by atoms with Crippen LogP contribution in [0.3, 0.4) is 0 Å². The molecule has 0 heterocycles. The second kappa shape index (κ2) is 5.04. The van der Waals surface area contributed by atoms with E-state index in [1.807, 2.05) is 0 Å². The Morgan fingerprint density at radius 3 is 2.93 bits per heavy atom. The van der Waals surface area contributed by atoms with E-state index < -0.39 is 11.8 Å². The lowest BCUT2D eigenvalue weighted by molar-refractivity contribution is -0.138. The van der Waals surface area contributed by atoms with Crippen LogP contribution in [-0.4, -0.2) is 29.7 Å². The lowest BCUT2D eigenvalue weighted by Gasteiger charge is -2.06. The average Bonchev–Trinajstić information content (AvgIpc) is 2.14. The molecule has 80 valence electrons. The number of hydrogen-bond donors (Lipinski definition) is 1. The summed E-state index contributed by atoms with van der Waals surface area (Å²) in [6.07, 6.45) is 0. The molecule has 0 aliphatic rings. The third kappa shape index (κ3) is 4.17. The van der Waals surface area contributed by atoms with Crippen LogP contribution in [0.2, 0.25) is 0 Å². The zero-order valence-electron chi connectivity index (χ0n) is 8.09. The van der Waals surface area contributed by atoms with E-state index in [2.05, 4.69) is 10.3 Å². The largest absolute Gasteiger partial charge is 0.480 e. The topological polar surface area (TPSA) is 65.3 Å². The van der Waals surface area contributed by atoms with Crippen LogP contribution in [0.5, 0.6) is 0 Å². The van der Waals surface area contributed by atoms with Crippen molar-refractivity contribution in [2.45, 2.75) is 0 Å². The summed E-state index contributed by atoms with van der Waals surface area (Å²) in [5.41, 5.74) is 0.340. The second-order valence-corrected chi connectivity index (χ2v) is 2.88. The van der Waals surface area contributed by atoms with Crippen molar-refractivity contribution in [2.75, 3.05) is 13.6 Å². The number of likely N-dealkylation sites (N-methyl/N-ethyl adjacent to an activating group) is 1. The number of halogens is 1. The number of benzene rings is 1. The Morgan fingerprint density at radius 2 is 2.33 bits per heavy atom. The van der Waals surface area contributed by atoms with Crippen molar-refractivity contribution in [3.05, 3.63) is 30.1 Å². The molecule has 0 saturated carbocycles. The first-order chi connectivity index (χ1) is 7.08. The first-order valence-corrected chi connectivity index (χ1v) is 4.18. The molecule has 0 aliphatic carbocycles. The second-order valence-electron chi connectivity index (χ2n) is 2.88. The van der Waals surface area contributed by atoms with Gasteiger partial charge in [-0.15, -0.1) is 5.11 Å². The molecule has 6 heteroatoms. The van der Waals surface area contributed by atoms with E-state index in [0.717, 1.165) is 5.01 Å². The monoisotopic (exact) mass is 211 g/mol. The van der Waals surface area contributed by atoms with Gasteiger partial charge in [0, 0.05) is 13.1 Å². The highest BCUT2D eigenvalue weighted by Crippen LogP contribution is 2.13. The van der Waals surface area contributed by atoms with Gasteiger partial charge in [0.1, 0.15) is 12.4 Å². The number of carboxylic acid groups (broad SMARTS) is 1. The van der Waals surface area contributed by atoms with E-state index in [0.29, 0.717) is 5.69 Å². The molecule has 0 saturated heterocycles. The molecule has 15 heavy (non-hydrogen) atoms. The quantitative estimate of drug-likeness (QED) is 0.610. The minimum absolute atomic E-state index is 0.251. The van der Waals surface area contributed by atoms with E-state index in [1.54, 1.807) is 6.07 Å². The van der Waals surface area contributed by atoms with E-state index in [1.165, 1.54) is 25.2 Å². The SMILES string of the molecule is CN(CC(=O)O)N=Nc1cccc(F)c1. The van der Waals surface area contributed by atoms with Crippen molar-refractivity contribution in [3.8, 4) is 0 Å². The van der Waals surface area contributed by atoms with Gasteiger partial charge < -0.3 is 5.11 Å². The first-order valence-electron chi connectivity index (χ1n) is 4.18. The maximum absolute atomic E-state index is 12.7. The molecule has 0 spiro atoms. The highest BCUT2D eigenvalue weighted by molar-refractivity contribution is 5.68. The summed E-state index contributed by atoms with van der Waals surface area (Å²) < 4.78 is 12.7. The number of carbonyl (C=O) groups is 1. The summed E-state index contributed by atoms with van der Waals surface area (Å²) in [5, 5.41) is 16.8. The molecule has 1 aromatic rings. The zero-order chi connectivity index (χ0) is 11.3. The molecule has 1 aromatic carbocycles. The molecule has 1 rings (SSSR count). The van der Waals surface area contributed by atoms with Crippen molar-refractivity contribution >= 4 is 11.7 Å². The Labute approximate surface area is 85.8 Å². The highest BCUT2D eigenvalue weighted by atomic mass is 19.1. The van der Waals surface area contributed by atoms with E-state index in [-0.39, 0.29) is 6.54 Å². The Balaban J connectivity index is 2.61. The molecular weight excluding hydrogens is 201 g/mol. The molecule has 0 unspecified atom stereocenters. The van der Waals surface area contributed by atoms with Crippen molar-refractivity contribution < 1.29 is 14.3 Å². The van der Waals surface area contributed by atoms with Gasteiger partial charge in [0.15, 0.2) is 0 Å². The third-order valence-corrected chi connectivity index (χ3v) is 1.49. The Kier molecular flexibility index (Phi) is 3.73. The van der Waals surface area contributed by atoms with Crippen LogP contribution in [0.25, 0.3) is 0 Å². The molecule has 5 nitrogen and oxygen atoms in total. The molecule has 0 aromatic heterocycles. The number of hydrogen-bond acceptors (Lipinski definition) is 3. The van der Waals surface area contributed by atoms with Gasteiger partial charge in [-0.3, -0.25) is 9.80 Å². The fraction of sp³-hybridized carbons (Fsp3) is 0.222. The minimum Gasteiger partial charge on any atom is -0.480 e. The molecular formula is C9H10FN3O2. The van der Waals surface area contributed by atoms with Gasteiger partial charge in [0.25, 0.3) is 0 Å². The summed E-state index contributed by atoms with van der Waals surface area (Å²) >= 11 is 0. The smallest absolute Gasteiger partial charge is 0.324 e. The fourth-order valence-corrected chi connectivity index (χ4v) is 0.894. The van der Waals surface area contributed by atoms with Crippen LogP contribution in [0.15, 0.2) is 34.6 Å². The lowest BCUT2D eigenvalue weighted by atomic mass is 10.3. The number of nitrogens with zero attached hydrogens (tertiary/aromatic N) is 3. The maximum atomic E-state index is 12.7. The molecule has 0 aliphatic heterocycles. The predicted molar refractivity (Wildman–Crippen MR) is 51.2 cm³/mol. The Bertz CT molecular complexity index is 381. The first kappa shape index (κ1) is 11.1. The van der Waals surface area contributed by atoms with Crippen LogP contribution >= 0.6 is 0 Å². The molecule has 1 N–H and O–H groups in total. The predicted octanol–water partition coefficient (Wildman–Crippen LogP) is 1.84. The zero-order valence-corrected chi connectivity index (χ0v) is 8.09. The Morgan fingerprint density at radius 1 is 1.60 bits per heavy atom.